The van der Waals surface area contributed by atoms with E-state index >= 15 is 0 Å². The fourth-order valence-electron chi connectivity index (χ4n) is 2.93. The monoisotopic (exact) mass is 397 g/mol. The molecular formula is C19H25Cl2N3O2. The number of nitrogens with two attached hydrogens (primary N) is 1. The molecule has 0 aliphatic carbocycles. The van der Waals surface area contributed by atoms with Crippen molar-refractivity contribution >= 4 is 42.1 Å². The van der Waals surface area contributed by atoms with Crippen LogP contribution in [0.5, 0.6) is 0 Å². The number of ether oxygens (including phenoxy) is 1. The molecular weight excluding hydrogens is 373 g/mol. The number of para-hydroxylation sites is 1. The first-order valence-corrected chi connectivity index (χ1v) is 8.20. The van der Waals surface area contributed by atoms with Crippen LogP contribution >= 0.6 is 24.8 Å². The number of hydrogen-bond donors (Lipinski definition) is 2. The minimum absolute atomic E-state index is 0. The van der Waals surface area contributed by atoms with Crippen molar-refractivity contribution in [3.05, 3.63) is 59.2 Å². The van der Waals surface area contributed by atoms with Gasteiger partial charge in [-0.25, -0.2) is 0 Å². The van der Waals surface area contributed by atoms with Crippen LogP contribution in [-0.2, 0) is 11.3 Å². The molecule has 0 saturated carbocycles. The molecule has 3 rings (SSSR count). The van der Waals surface area contributed by atoms with Crippen LogP contribution in [0.1, 0.15) is 21.5 Å². The molecule has 5 nitrogen and oxygen atoms in total. The maximum absolute atomic E-state index is 12.5. The van der Waals surface area contributed by atoms with Gasteiger partial charge in [0.25, 0.3) is 5.91 Å². The third-order valence-corrected chi connectivity index (χ3v) is 4.29. The second-order valence-electron chi connectivity index (χ2n) is 5.99. The fourth-order valence-corrected chi connectivity index (χ4v) is 2.93. The number of anilines is 2. The molecule has 0 spiro atoms. The Balaban J connectivity index is 0.00000169. The van der Waals surface area contributed by atoms with E-state index in [2.05, 4.69) is 22.3 Å². The van der Waals surface area contributed by atoms with Gasteiger partial charge in [0.1, 0.15) is 0 Å². The summed E-state index contributed by atoms with van der Waals surface area (Å²) in [6, 6.07) is 13.6. The summed E-state index contributed by atoms with van der Waals surface area (Å²) in [6.07, 6.45) is 0. The SMILES string of the molecule is Cc1ccc(N)cc1C(=O)NCc1ccccc1N1CCOCC1.Cl.Cl. The molecule has 3 N–H and O–H groups in total. The maximum atomic E-state index is 12.5. The van der Waals surface area contributed by atoms with E-state index in [1.54, 1.807) is 12.1 Å². The molecule has 1 heterocycles. The lowest BCUT2D eigenvalue weighted by Gasteiger charge is -2.30. The standard InChI is InChI=1S/C19H23N3O2.2ClH/c1-14-6-7-16(20)12-17(14)19(23)21-13-15-4-2-3-5-18(15)22-8-10-24-11-9-22;;/h2-7,12H,8-11,13,20H2,1H3,(H,21,23);2*1H. The predicted molar refractivity (Wildman–Crippen MR) is 111 cm³/mol. The zero-order valence-electron chi connectivity index (χ0n) is 14.7. The number of nitrogen functional groups attached to an aromatic ring is 1. The normalized spacial score (nSPS) is 13.3. The molecule has 2 aromatic carbocycles. The van der Waals surface area contributed by atoms with Crippen LogP contribution < -0.4 is 16.0 Å². The van der Waals surface area contributed by atoms with E-state index in [1.807, 2.05) is 25.1 Å². The molecule has 2 aromatic rings. The number of carbonyl (C=O) groups excluding carboxylic acids is 1. The lowest BCUT2D eigenvalue weighted by Crippen LogP contribution is -2.37. The number of morpholine rings is 1. The maximum Gasteiger partial charge on any atom is 0.251 e. The Kier molecular flexibility index (Phi) is 8.72. The van der Waals surface area contributed by atoms with Gasteiger partial charge in [-0.15, -0.1) is 24.8 Å². The van der Waals surface area contributed by atoms with Crippen molar-refractivity contribution in [2.75, 3.05) is 36.9 Å². The van der Waals surface area contributed by atoms with Crippen molar-refractivity contribution < 1.29 is 9.53 Å². The molecule has 1 amide bonds. The first kappa shape index (κ1) is 22.1. The number of benzene rings is 2. The average molecular weight is 398 g/mol. The van der Waals surface area contributed by atoms with Gasteiger partial charge in [0.15, 0.2) is 0 Å². The van der Waals surface area contributed by atoms with Gasteiger partial charge in [-0.2, -0.15) is 0 Å². The van der Waals surface area contributed by atoms with Crippen molar-refractivity contribution in [3.8, 4) is 0 Å². The summed E-state index contributed by atoms with van der Waals surface area (Å²) in [7, 11) is 0. The minimum Gasteiger partial charge on any atom is -0.399 e. The number of aryl methyl sites for hydroxylation is 1. The third kappa shape index (κ3) is 5.27. The van der Waals surface area contributed by atoms with Gasteiger partial charge in [-0.1, -0.05) is 24.3 Å². The number of amides is 1. The van der Waals surface area contributed by atoms with Crippen LogP contribution in [-0.4, -0.2) is 32.2 Å². The Morgan fingerprint density at radius 1 is 1.15 bits per heavy atom. The Hall–Kier alpha value is -1.95. The molecule has 0 unspecified atom stereocenters. The second kappa shape index (κ2) is 10.3. The topological polar surface area (TPSA) is 67.6 Å². The number of hydrogen-bond acceptors (Lipinski definition) is 4. The van der Waals surface area contributed by atoms with E-state index in [0.29, 0.717) is 17.8 Å². The highest BCUT2D eigenvalue weighted by molar-refractivity contribution is 5.96. The fraction of sp³-hybridized carbons (Fsp3) is 0.316. The highest BCUT2D eigenvalue weighted by atomic mass is 35.5. The first-order chi connectivity index (χ1) is 11.6. The van der Waals surface area contributed by atoms with E-state index < -0.39 is 0 Å². The van der Waals surface area contributed by atoms with Crippen molar-refractivity contribution in [2.45, 2.75) is 13.5 Å². The summed E-state index contributed by atoms with van der Waals surface area (Å²) >= 11 is 0. The quantitative estimate of drug-likeness (QED) is 0.777. The number of halogens is 2. The molecule has 0 bridgehead atoms. The van der Waals surface area contributed by atoms with Crippen molar-refractivity contribution in [3.63, 3.8) is 0 Å². The van der Waals surface area contributed by atoms with Gasteiger partial charge in [0.05, 0.1) is 13.2 Å². The van der Waals surface area contributed by atoms with Crippen LogP contribution in [0.4, 0.5) is 11.4 Å². The van der Waals surface area contributed by atoms with Crippen LogP contribution in [0, 0.1) is 6.92 Å². The Morgan fingerprint density at radius 2 is 1.85 bits per heavy atom. The lowest BCUT2D eigenvalue weighted by molar-refractivity contribution is 0.0950. The van der Waals surface area contributed by atoms with Crippen LogP contribution in [0.25, 0.3) is 0 Å². The van der Waals surface area contributed by atoms with Gasteiger partial charge in [0.2, 0.25) is 0 Å². The highest BCUT2D eigenvalue weighted by Crippen LogP contribution is 2.21. The molecule has 1 aliphatic rings. The first-order valence-electron chi connectivity index (χ1n) is 8.20. The van der Waals surface area contributed by atoms with Gasteiger partial charge in [-0.3, -0.25) is 4.79 Å². The van der Waals surface area contributed by atoms with E-state index in [4.69, 9.17) is 10.5 Å². The number of nitrogens with zero attached hydrogens (tertiary/aromatic N) is 1. The Labute approximate surface area is 166 Å². The second-order valence-corrected chi connectivity index (χ2v) is 5.99. The van der Waals surface area contributed by atoms with Crippen LogP contribution in [0.2, 0.25) is 0 Å². The molecule has 142 valence electrons. The van der Waals surface area contributed by atoms with Crippen LogP contribution in [0.3, 0.4) is 0 Å². The van der Waals surface area contributed by atoms with Gasteiger partial charge in [-0.05, 0) is 36.2 Å². The molecule has 0 radical (unpaired) electrons. The molecule has 0 atom stereocenters. The number of nitrogens with one attached hydrogen (secondary N) is 1. The van der Waals surface area contributed by atoms with Crippen LogP contribution in [0.15, 0.2) is 42.5 Å². The summed E-state index contributed by atoms with van der Waals surface area (Å²) in [5, 5.41) is 3.01. The summed E-state index contributed by atoms with van der Waals surface area (Å²) in [5.74, 6) is -0.100. The third-order valence-electron chi connectivity index (χ3n) is 4.29. The van der Waals surface area contributed by atoms with Gasteiger partial charge in [0, 0.05) is 36.6 Å². The molecule has 26 heavy (non-hydrogen) atoms. The molecule has 1 aliphatic heterocycles. The summed E-state index contributed by atoms with van der Waals surface area (Å²) in [4.78, 5) is 14.8. The van der Waals surface area contributed by atoms with Crippen molar-refractivity contribution in [1.82, 2.24) is 5.32 Å². The van der Waals surface area contributed by atoms with Gasteiger partial charge < -0.3 is 20.7 Å². The van der Waals surface area contributed by atoms with Gasteiger partial charge >= 0.3 is 0 Å². The summed E-state index contributed by atoms with van der Waals surface area (Å²) in [5.41, 5.74) is 10.2. The van der Waals surface area contributed by atoms with Crippen molar-refractivity contribution in [2.24, 2.45) is 0 Å². The Bertz CT molecular complexity index is 734. The average Bonchev–Trinajstić information content (AvgIpc) is 2.62. The molecule has 1 saturated heterocycles. The van der Waals surface area contributed by atoms with Crippen molar-refractivity contribution in [1.29, 1.82) is 0 Å². The number of rotatable bonds is 4. The molecule has 0 aromatic heterocycles. The van der Waals surface area contributed by atoms with E-state index in [1.165, 1.54) is 0 Å². The summed E-state index contributed by atoms with van der Waals surface area (Å²) < 4.78 is 5.42. The van der Waals surface area contributed by atoms with E-state index in [-0.39, 0.29) is 30.7 Å². The zero-order valence-corrected chi connectivity index (χ0v) is 16.4. The largest absolute Gasteiger partial charge is 0.399 e. The minimum atomic E-state index is -0.100. The highest BCUT2D eigenvalue weighted by Gasteiger charge is 2.15. The predicted octanol–water partition coefficient (Wildman–Crippen LogP) is 3.19. The molecule has 7 heteroatoms. The number of carbonyl (C=O) groups is 1. The molecule has 1 fully saturated rings. The van der Waals surface area contributed by atoms with E-state index in [9.17, 15) is 4.79 Å². The summed E-state index contributed by atoms with van der Waals surface area (Å²) in [6.45, 7) is 5.63. The zero-order chi connectivity index (χ0) is 16.9. The Morgan fingerprint density at radius 3 is 2.58 bits per heavy atom. The van der Waals surface area contributed by atoms with E-state index in [0.717, 1.165) is 43.1 Å². The lowest BCUT2D eigenvalue weighted by atomic mass is 10.1. The smallest absolute Gasteiger partial charge is 0.251 e.